The van der Waals surface area contributed by atoms with Gasteiger partial charge in [0, 0.05) is 17.7 Å². The van der Waals surface area contributed by atoms with E-state index in [1.807, 2.05) is 18.0 Å². The molecule has 0 spiro atoms. The Morgan fingerprint density at radius 2 is 2.15 bits per heavy atom. The summed E-state index contributed by atoms with van der Waals surface area (Å²) in [5, 5.41) is 0. The summed E-state index contributed by atoms with van der Waals surface area (Å²) in [6, 6.07) is 5.15. The van der Waals surface area contributed by atoms with Gasteiger partial charge in [-0.25, -0.2) is 0 Å². The Bertz CT molecular complexity index is 471. The number of hydrogen-bond donors (Lipinski definition) is 0. The minimum absolute atomic E-state index is 0.197. The zero-order valence-corrected chi connectivity index (χ0v) is 12.0. The molecule has 4 nitrogen and oxygen atoms in total. The normalized spacial score (nSPS) is 11.9. The van der Waals surface area contributed by atoms with Gasteiger partial charge >= 0.3 is 0 Å². The highest BCUT2D eigenvalue weighted by atomic mass is 16.5. The molecule has 0 heterocycles. The van der Waals surface area contributed by atoms with Crippen LogP contribution >= 0.6 is 0 Å². The summed E-state index contributed by atoms with van der Waals surface area (Å²) in [5.74, 6) is 0.662. The van der Waals surface area contributed by atoms with Crippen molar-refractivity contribution in [3.05, 3.63) is 42.0 Å². The van der Waals surface area contributed by atoms with Gasteiger partial charge in [-0.05, 0) is 26.0 Å². The van der Waals surface area contributed by atoms with Crippen molar-refractivity contribution in [2.75, 3.05) is 14.2 Å². The van der Waals surface area contributed by atoms with Gasteiger partial charge in [-0.15, -0.1) is 6.58 Å². The van der Waals surface area contributed by atoms with E-state index in [0.717, 1.165) is 31.0 Å². The third-order valence-electron chi connectivity index (χ3n) is 3.31. The molecule has 0 aliphatic rings. The van der Waals surface area contributed by atoms with Crippen LogP contribution in [0.3, 0.4) is 0 Å². The molecule has 4 heteroatoms. The number of benzene rings is 1. The molecule has 0 aliphatic carbocycles. The summed E-state index contributed by atoms with van der Waals surface area (Å²) in [5.41, 5.74) is 1.39. The molecular weight excluding hydrogens is 254 g/mol. The Hall–Kier alpha value is -1.94. The maximum absolute atomic E-state index is 11.2. The average molecular weight is 275 g/mol. The minimum Gasteiger partial charge on any atom is -0.496 e. The Morgan fingerprint density at radius 1 is 1.40 bits per heavy atom. The topological polar surface area (TPSA) is 46.6 Å². The molecule has 0 aromatic heterocycles. The SMILES string of the molecule is C=CCCC(C=O)N(C)Cc1c(C=O)cccc1OC. The van der Waals surface area contributed by atoms with Gasteiger partial charge in [-0.3, -0.25) is 9.69 Å². The highest BCUT2D eigenvalue weighted by Crippen LogP contribution is 2.23. The zero-order valence-electron chi connectivity index (χ0n) is 12.0. The maximum Gasteiger partial charge on any atom is 0.150 e. The summed E-state index contributed by atoms with van der Waals surface area (Å²) in [6.07, 6.45) is 5.03. The highest BCUT2D eigenvalue weighted by Gasteiger charge is 2.17. The quantitative estimate of drug-likeness (QED) is 0.513. The number of carbonyl (C=O) groups excluding carboxylic acids is 2. The lowest BCUT2D eigenvalue weighted by atomic mass is 10.0. The number of methoxy groups -OCH3 is 1. The van der Waals surface area contributed by atoms with E-state index in [9.17, 15) is 9.59 Å². The number of nitrogens with zero attached hydrogens (tertiary/aromatic N) is 1. The molecule has 1 aromatic rings. The van der Waals surface area contributed by atoms with Gasteiger partial charge in [0.1, 0.15) is 12.0 Å². The Morgan fingerprint density at radius 3 is 2.70 bits per heavy atom. The molecule has 1 atom stereocenters. The van der Waals surface area contributed by atoms with Crippen LogP contribution in [0.5, 0.6) is 5.75 Å². The molecule has 0 saturated carbocycles. The Labute approximate surface area is 120 Å². The standard InChI is InChI=1S/C16H21NO3/c1-4-5-8-14(12-19)17(2)10-15-13(11-18)7-6-9-16(15)20-3/h4,6-7,9,11-12,14H,1,5,8,10H2,2-3H3. The third kappa shape index (κ3) is 4.03. The van der Waals surface area contributed by atoms with Crippen LogP contribution in [0.1, 0.15) is 28.8 Å². The smallest absolute Gasteiger partial charge is 0.150 e. The largest absolute Gasteiger partial charge is 0.496 e. The van der Waals surface area contributed by atoms with Gasteiger partial charge in [0.2, 0.25) is 0 Å². The fraction of sp³-hybridized carbons (Fsp3) is 0.375. The first-order valence-corrected chi connectivity index (χ1v) is 6.55. The van der Waals surface area contributed by atoms with Crippen molar-refractivity contribution in [2.24, 2.45) is 0 Å². The Kier molecular flexibility index (Phi) is 6.67. The van der Waals surface area contributed by atoms with E-state index in [1.54, 1.807) is 25.3 Å². The molecule has 1 rings (SSSR count). The van der Waals surface area contributed by atoms with Crippen molar-refractivity contribution in [2.45, 2.75) is 25.4 Å². The lowest BCUT2D eigenvalue weighted by molar-refractivity contribution is -0.112. The summed E-state index contributed by atoms with van der Waals surface area (Å²) in [7, 11) is 3.44. The van der Waals surface area contributed by atoms with Crippen molar-refractivity contribution < 1.29 is 14.3 Å². The molecule has 0 fully saturated rings. The van der Waals surface area contributed by atoms with Crippen molar-refractivity contribution in [1.29, 1.82) is 0 Å². The monoisotopic (exact) mass is 275 g/mol. The molecule has 0 bridgehead atoms. The summed E-state index contributed by atoms with van der Waals surface area (Å²) >= 11 is 0. The molecular formula is C16H21NO3. The lowest BCUT2D eigenvalue weighted by Gasteiger charge is -2.24. The van der Waals surface area contributed by atoms with E-state index < -0.39 is 0 Å². The average Bonchev–Trinajstić information content (AvgIpc) is 2.48. The second-order valence-corrected chi connectivity index (χ2v) is 4.63. The van der Waals surface area contributed by atoms with Crippen molar-refractivity contribution >= 4 is 12.6 Å². The number of rotatable bonds is 9. The first-order valence-electron chi connectivity index (χ1n) is 6.55. The fourth-order valence-electron chi connectivity index (χ4n) is 2.10. The number of ether oxygens (including phenoxy) is 1. The van der Waals surface area contributed by atoms with Gasteiger partial charge in [0.15, 0.2) is 6.29 Å². The fourth-order valence-corrected chi connectivity index (χ4v) is 2.10. The first-order chi connectivity index (χ1) is 9.67. The van der Waals surface area contributed by atoms with Crippen LogP contribution in [-0.4, -0.2) is 37.7 Å². The first kappa shape index (κ1) is 16.1. The molecule has 108 valence electrons. The highest BCUT2D eigenvalue weighted by molar-refractivity contribution is 5.78. The number of likely N-dealkylation sites (N-methyl/N-ethyl adjacent to an activating group) is 1. The van der Waals surface area contributed by atoms with Crippen molar-refractivity contribution in [3.63, 3.8) is 0 Å². The molecule has 20 heavy (non-hydrogen) atoms. The van der Waals surface area contributed by atoms with Crippen LogP contribution in [0.2, 0.25) is 0 Å². The van der Waals surface area contributed by atoms with E-state index >= 15 is 0 Å². The molecule has 0 amide bonds. The second kappa shape index (κ2) is 8.27. The van der Waals surface area contributed by atoms with Crippen molar-refractivity contribution in [3.8, 4) is 5.75 Å². The predicted octanol–water partition coefficient (Wildman–Crippen LogP) is 2.47. The predicted molar refractivity (Wildman–Crippen MR) is 79.1 cm³/mol. The maximum atomic E-state index is 11.2. The number of allylic oxidation sites excluding steroid dienone is 1. The van der Waals surface area contributed by atoms with Crippen LogP contribution in [0.4, 0.5) is 0 Å². The van der Waals surface area contributed by atoms with E-state index in [1.165, 1.54) is 0 Å². The van der Waals surface area contributed by atoms with E-state index in [4.69, 9.17) is 4.74 Å². The van der Waals surface area contributed by atoms with Crippen LogP contribution in [-0.2, 0) is 11.3 Å². The number of carbonyl (C=O) groups is 2. The van der Waals surface area contributed by atoms with Gasteiger partial charge < -0.3 is 9.53 Å². The van der Waals surface area contributed by atoms with Gasteiger partial charge in [-0.2, -0.15) is 0 Å². The second-order valence-electron chi connectivity index (χ2n) is 4.63. The van der Waals surface area contributed by atoms with E-state index in [-0.39, 0.29) is 6.04 Å². The lowest BCUT2D eigenvalue weighted by Crippen LogP contribution is -2.32. The van der Waals surface area contributed by atoms with Crippen molar-refractivity contribution in [1.82, 2.24) is 4.90 Å². The van der Waals surface area contributed by atoms with Crippen LogP contribution in [0.15, 0.2) is 30.9 Å². The Balaban J connectivity index is 2.93. The number of aldehydes is 2. The van der Waals surface area contributed by atoms with E-state index in [0.29, 0.717) is 17.9 Å². The summed E-state index contributed by atoms with van der Waals surface area (Å²) in [6.45, 7) is 4.15. The zero-order chi connectivity index (χ0) is 15.0. The molecule has 0 saturated heterocycles. The third-order valence-corrected chi connectivity index (χ3v) is 3.31. The van der Waals surface area contributed by atoms with Crippen LogP contribution in [0, 0.1) is 0 Å². The van der Waals surface area contributed by atoms with Gasteiger partial charge in [0.05, 0.1) is 13.2 Å². The summed E-state index contributed by atoms with van der Waals surface area (Å²) in [4.78, 5) is 24.2. The molecule has 1 unspecified atom stereocenters. The minimum atomic E-state index is -0.197. The van der Waals surface area contributed by atoms with Crippen LogP contribution in [0.25, 0.3) is 0 Å². The van der Waals surface area contributed by atoms with Crippen LogP contribution < -0.4 is 4.74 Å². The van der Waals surface area contributed by atoms with Gasteiger partial charge in [0.25, 0.3) is 0 Å². The molecule has 0 N–H and O–H groups in total. The molecule has 0 radical (unpaired) electrons. The summed E-state index contributed by atoms with van der Waals surface area (Å²) < 4.78 is 5.29. The van der Waals surface area contributed by atoms with E-state index in [2.05, 4.69) is 6.58 Å². The van der Waals surface area contributed by atoms with Gasteiger partial charge in [-0.1, -0.05) is 18.2 Å². The number of hydrogen-bond acceptors (Lipinski definition) is 4. The molecule has 0 aliphatic heterocycles. The molecule has 1 aromatic carbocycles.